The Kier molecular flexibility index (Phi) is 3.42. The molecule has 2 aromatic heterocycles. The molecule has 2 heterocycles. The van der Waals surface area contributed by atoms with Gasteiger partial charge in [0.25, 0.3) is 5.56 Å². The maximum atomic E-state index is 13.3. The van der Waals surface area contributed by atoms with Gasteiger partial charge < -0.3 is 0 Å². The first-order valence-electron chi connectivity index (χ1n) is 5.97. The first kappa shape index (κ1) is 13.7. The summed E-state index contributed by atoms with van der Waals surface area (Å²) in [4.78, 5) is 20.6. The van der Waals surface area contributed by atoms with E-state index in [2.05, 4.69) is 9.97 Å². The third kappa shape index (κ3) is 2.40. The van der Waals surface area contributed by atoms with Gasteiger partial charge in [0.05, 0.1) is 29.0 Å². The molecule has 0 radical (unpaired) electrons. The zero-order valence-electron chi connectivity index (χ0n) is 10.9. The highest BCUT2D eigenvalue weighted by Gasteiger charge is 2.13. The van der Waals surface area contributed by atoms with Crippen LogP contribution in [0, 0.1) is 11.6 Å². The summed E-state index contributed by atoms with van der Waals surface area (Å²) in [6.45, 7) is 0. The van der Waals surface area contributed by atoms with E-state index in [4.69, 9.17) is 0 Å². The average molecular weight is 305 g/mol. The standard InChI is InChI=1S/C14H9F2N3OS/c1-21-14-18-12-3-2-8(15)5-11(12)13(20)19(14)10-4-9(16)6-17-7-10/h2-7H,1H3. The van der Waals surface area contributed by atoms with E-state index in [1.54, 1.807) is 6.26 Å². The molecule has 0 aliphatic carbocycles. The molecule has 0 amide bonds. The second kappa shape index (κ2) is 5.25. The van der Waals surface area contributed by atoms with E-state index in [-0.39, 0.29) is 11.1 Å². The first-order valence-corrected chi connectivity index (χ1v) is 7.20. The van der Waals surface area contributed by atoms with Gasteiger partial charge in [-0.15, -0.1) is 0 Å². The van der Waals surface area contributed by atoms with Crippen LogP contribution in [0.25, 0.3) is 16.6 Å². The smallest absolute Gasteiger partial charge is 0.266 e. The lowest BCUT2D eigenvalue weighted by molar-refractivity contribution is 0.617. The van der Waals surface area contributed by atoms with E-state index in [0.29, 0.717) is 10.7 Å². The van der Waals surface area contributed by atoms with Gasteiger partial charge >= 0.3 is 0 Å². The lowest BCUT2D eigenvalue weighted by Gasteiger charge is -2.11. The highest BCUT2D eigenvalue weighted by Crippen LogP contribution is 2.19. The zero-order chi connectivity index (χ0) is 15.0. The van der Waals surface area contributed by atoms with Crippen LogP contribution in [0.4, 0.5) is 8.78 Å². The molecular weight excluding hydrogens is 296 g/mol. The molecule has 3 rings (SSSR count). The zero-order valence-corrected chi connectivity index (χ0v) is 11.7. The second-order valence-corrected chi connectivity index (χ2v) is 5.04. The van der Waals surface area contributed by atoms with E-state index in [1.807, 2.05) is 0 Å². The molecular formula is C14H9F2N3OS. The van der Waals surface area contributed by atoms with Crippen molar-refractivity contribution in [3.8, 4) is 5.69 Å². The Morgan fingerprint density at radius 2 is 1.95 bits per heavy atom. The van der Waals surface area contributed by atoms with E-state index < -0.39 is 17.2 Å². The van der Waals surface area contributed by atoms with Crippen LogP contribution in [0.15, 0.2) is 46.6 Å². The SMILES string of the molecule is CSc1nc2ccc(F)cc2c(=O)n1-c1cncc(F)c1. The highest BCUT2D eigenvalue weighted by molar-refractivity contribution is 7.98. The molecule has 0 atom stereocenters. The molecule has 0 saturated carbocycles. The number of hydrogen-bond acceptors (Lipinski definition) is 4. The van der Waals surface area contributed by atoms with Crippen molar-refractivity contribution in [2.75, 3.05) is 6.26 Å². The third-order valence-electron chi connectivity index (χ3n) is 2.93. The van der Waals surface area contributed by atoms with E-state index in [9.17, 15) is 13.6 Å². The largest absolute Gasteiger partial charge is 0.268 e. The number of hydrogen-bond donors (Lipinski definition) is 0. The number of aromatic nitrogens is 3. The maximum Gasteiger partial charge on any atom is 0.266 e. The number of benzene rings is 1. The molecule has 21 heavy (non-hydrogen) atoms. The Bertz CT molecular complexity index is 895. The van der Waals surface area contributed by atoms with Crippen molar-refractivity contribution in [1.29, 1.82) is 0 Å². The quantitative estimate of drug-likeness (QED) is 0.539. The predicted molar refractivity (Wildman–Crippen MR) is 76.8 cm³/mol. The van der Waals surface area contributed by atoms with Gasteiger partial charge in [0.1, 0.15) is 11.6 Å². The van der Waals surface area contributed by atoms with Gasteiger partial charge in [-0.05, 0) is 24.5 Å². The summed E-state index contributed by atoms with van der Waals surface area (Å²) in [6, 6.07) is 4.99. The Hall–Kier alpha value is -2.28. The van der Waals surface area contributed by atoms with Crippen molar-refractivity contribution >= 4 is 22.7 Å². The molecule has 0 aliphatic rings. The second-order valence-electron chi connectivity index (χ2n) is 4.26. The molecule has 0 saturated heterocycles. The summed E-state index contributed by atoms with van der Waals surface area (Å²) >= 11 is 1.24. The summed E-state index contributed by atoms with van der Waals surface area (Å²) in [5.74, 6) is -1.09. The summed E-state index contributed by atoms with van der Waals surface area (Å²) < 4.78 is 27.9. The molecule has 0 aliphatic heterocycles. The summed E-state index contributed by atoms with van der Waals surface area (Å²) in [5.41, 5.74) is 0.186. The number of thioether (sulfide) groups is 1. The van der Waals surface area contributed by atoms with Crippen molar-refractivity contribution in [1.82, 2.24) is 14.5 Å². The first-order chi connectivity index (χ1) is 10.1. The maximum absolute atomic E-state index is 13.3. The summed E-state index contributed by atoms with van der Waals surface area (Å²) in [5, 5.41) is 0.517. The lowest BCUT2D eigenvalue weighted by Crippen LogP contribution is -2.22. The normalized spacial score (nSPS) is 11.0. The van der Waals surface area contributed by atoms with Gasteiger partial charge in [-0.1, -0.05) is 11.8 Å². The van der Waals surface area contributed by atoms with Gasteiger partial charge in [0, 0.05) is 6.07 Å². The fourth-order valence-corrected chi connectivity index (χ4v) is 2.59. The molecule has 0 spiro atoms. The van der Waals surface area contributed by atoms with Crippen LogP contribution < -0.4 is 5.56 Å². The molecule has 7 heteroatoms. The number of halogens is 2. The summed E-state index contributed by atoms with van der Waals surface area (Å²) in [6.07, 6.45) is 4.15. The molecule has 0 bridgehead atoms. The molecule has 0 unspecified atom stereocenters. The number of nitrogens with zero attached hydrogens (tertiary/aromatic N) is 3. The highest BCUT2D eigenvalue weighted by atomic mass is 32.2. The van der Waals surface area contributed by atoms with Crippen LogP contribution in [-0.2, 0) is 0 Å². The van der Waals surface area contributed by atoms with Crippen molar-refractivity contribution in [2.24, 2.45) is 0 Å². The van der Waals surface area contributed by atoms with Crippen molar-refractivity contribution in [3.05, 3.63) is 58.6 Å². The third-order valence-corrected chi connectivity index (χ3v) is 3.57. The Morgan fingerprint density at radius 1 is 1.14 bits per heavy atom. The molecule has 1 aromatic carbocycles. The molecule has 0 N–H and O–H groups in total. The Labute approximate surface area is 122 Å². The minimum Gasteiger partial charge on any atom is -0.268 e. The lowest BCUT2D eigenvalue weighted by atomic mass is 10.2. The minimum absolute atomic E-state index is 0.136. The fraction of sp³-hybridized carbons (Fsp3) is 0.0714. The van der Waals surface area contributed by atoms with Gasteiger partial charge in [0.2, 0.25) is 0 Å². The molecule has 3 aromatic rings. The van der Waals surface area contributed by atoms with Crippen LogP contribution in [0.5, 0.6) is 0 Å². The van der Waals surface area contributed by atoms with E-state index >= 15 is 0 Å². The van der Waals surface area contributed by atoms with Crippen LogP contribution >= 0.6 is 11.8 Å². The van der Waals surface area contributed by atoms with E-state index in [0.717, 1.165) is 12.3 Å². The Balaban J connectivity index is 2.40. The number of fused-ring (bicyclic) bond motifs is 1. The van der Waals surface area contributed by atoms with Gasteiger partial charge in [-0.25, -0.2) is 13.8 Å². The fourth-order valence-electron chi connectivity index (χ4n) is 2.02. The average Bonchev–Trinajstić information content (AvgIpc) is 2.47. The van der Waals surface area contributed by atoms with Crippen LogP contribution in [0.2, 0.25) is 0 Å². The van der Waals surface area contributed by atoms with Crippen LogP contribution in [0.1, 0.15) is 0 Å². The van der Waals surface area contributed by atoms with E-state index in [1.165, 1.54) is 40.7 Å². The Morgan fingerprint density at radius 3 is 2.67 bits per heavy atom. The number of rotatable bonds is 2. The number of pyridine rings is 1. The van der Waals surface area contributed by atoms with Crippen molar-refractivity contribution in [3.63, 3.8) is 0 Å². The topological polar surface area (TPSA) is 47.8 Å². The van der Waals surface area contributed by atoms with Crippen LogP contribution in [0.3, 0.4) is 0 Å². The van der Waals surface area contributed by atoms with Crippen molar-refractivity contribution in [2.45, 2.75) is 5.16 Å². The summed E-state index contributed by atoms with van der Waals surface area (Å²) in [7, 11) is 0. The molecule has 0 fully saturated rings. The minimum atomic E-state index is -0.564. The molecule has 106 valence electrons. The van der Waals surface area contributed by atoms with Crippen LogP contribution in [-0.4, -0.2) is 20.8 Å². The monoisotopic (exact) mass is 305 g/mol. The van der Waals surface area contributed by atoms with Crippen molar-refractivity contribution < 1.29 is 8.78 Å². The van der Waals surface area contributed by atoms with Gasteiger partial charge in [-0.3, -0.25) is 14.3 Å². The predicted octanol–water partition coefficient (Wildman–Crippen LogP) is 2.78. The van der Waals surface area contributed by atoms with Gasteiger partial charge in [0.15, 0.2) is 5.16 Å². The van der Waals surface area contributed by atoms with Gasteiger partial charge in [-0.2, -0.15) is 0 Å². The molecule has 4 nitrogen and oxygen atoms in total.